The highest BCUT2D eigenvalue weighted by molar-refractivity contribution is 9.10. The van der Waals surface area contributed by atoms with Gasteiger partial charge in [-0.2, -0.15) is 0 Å². The number of amides is 1. The van der Waals surface area contributed by atoms with Crippen molar-refractivity contribution >= 4 is 37.5 Å². The molecule has 1 aromatic rings. The van der Waals surface area contributed by atoms with Gasteiger partial charge < -0.3 is 5.32 Å². The largest absolute Gasteiger partial charge is 0.326 e. The average Bonchev–Trinajstić information content (AvgIpc) is 2.51. The van der Waals surface area contributed by atoms with Gasteiger partial charge >= 0.3 is 0 Å². The minimum absolute atomic E-state index is 0.0322. The predicted molar refractivity (Wildman–Crippen MR) is 91.3 cm³/mol. The van der Waals surface area contributed by atoms with Crippen LogP contribution in [0.4, 0.5) is 5.69 Å². The Labute approximate surface area is 140 Å². The fourth-order valence-corrected chi connectivity index (χ4v) is 3.92. The van der Waals surface area contributed by atoms with E-state index >= 15 is 0 Å². The lowest BCUT2D eigenvalue weighted by atomic mass is 9.97. The number of nitrogens with zero attached hydrogens (tertiary/aromatic N) is 1. The van der Waals surface area contributed by atoms with Crippen molar-refractivity contribution < 1.29 is 13.2 Å². The van der Waals surface area contributed by atoms with Crippen LogP contribution in [0, 0.1) is 12.8 Å². The number of benzene rings is 1. The van der Waals surface area contributed by atoms with Gasteiger partial charge in [-0.1, -0.05) is 15.9 Å². The normalized spacial score (nSPS) is 17.4. The summed E-state index contributed by atoms with van der Waals surface area (Å²) in [7, 11) is -3.14. The molecule has 1 heterocycles. The number of halogens is 1. The molecule has 0 aliphatic carbocycles. The van der Waals surface area contributed by atoms with Crippen molar-refractivity contribution in [3.8, 4) is 0 Å². The molecule has 1 N–H and O–H groups in total. The van der Waals surface area contributed by atoms with Crippen LogP contribution < -0.4 is 5.32 Å². The van der Waals surface area contributed by atoms with Gasteiger partial charge in [-0.25, -0.2) is 12.7 Å². The molecule has 0 bridgehead atoms. The molecule has 2 rings (SSSR count). The molecule has 22 heavy (non-hydrogen) atoms. The van der Waals surface area contributed by atoms with Crippen molar-refractivity contribution in [2.45, 2.75) is 26.7 Å². The predicted octanol–water partition coefficient (Wildman–Crippen LogP) is 2.76. The summed E-state index contributed by atoms with van der Waals surface area (Å²) < 4.78 is 26.1. The van der Waals surface area contributed by atoms with Gasteiger partial charge in [-0.15, -0.1) is 0 Å². The first kappa shape index (κ1) is 17.4. The highest BCUT2D eigenvalue weighted by Crippen LogP contribution is 2.24. The van der Waals surface area contributed by atoms with Crippen LogP contribution in [0.3, 0.4) is 0 Å². The molecule has 0 saturated carbocycles. The molecule has 0 unspecified atom stereocenters. The van der Waals surface area contributed by atoms with Crippen molar-refractivity contribution in [1.82, 2.24) is 4.31 Å². The molecular weight excluding hydrogens is 368 g/mol. The standard InChI is InChI=1S/C15H21BrN2O3S/c1-3-22(20,21)18-8-6-12(7-9-18)15(19)17-13-4-5-14(16)11(2)10-13/h4-5,10,12H,3,6-9H2,1-2H3,(H,17,19). The Morgan fingerprint density at radius 3 is 2.55 bits per heavy atom. The summed E-state index contributed by atoms with van der Waals surface area (Å²) in [6.07, 6.45) is 1.14. The third-order valence-electron chi connectivity index (χ3n) is 4.01. The Kier molecular flexibility index (Phi) is 5.63. The fourth-order valence-electron chi connectivity index (χ4n) is 2.55. The number of piperidine rings is 1. The maximum Gasteiger partial charge on any atom is 0.227 e. The number of aryl methyl sites for hydroxylation is 1. The molecule has 0 aromatic heterocycles. The van der Waals surface area contributed by atoms with Crippen LogP contribution in [-0.4, -0.2) is 37.5 Å². The number of anilines is 1. The monoisotopic (exact) mass is 388 g/mol. The summed E-state index contributed by atoms with van der Waals surface area (Å²) in [6, 6.07) is 5.67. The lowest BCUT2D eigenvalue weighted by Gasteiger charge is -2.30. The summed E-state index contributed by atoms with van der Waals surface area (Å²) in [5, 5.41) is 2.92. The van der Waals surface area contributed by atoms with Gasteiger partial charge in [0, 0.05) is 29.2 Å². The average molecular weight is 389 g/mol. The van der Waals surface area contributed by atoms with Crippen LogP contribution in [0.15, 0.2) is 22.7 Å². The van der Waals surface area contributed by atoms with Gasteiger partial charge in [-0.3, -0.25) is 4.79 Å². The third-order valence-corrected chi connectivity index (χ3v) is 6.78. The first-order valence-corrected chi connectivity index (χ1v) is 9.78. The Bertz CT molecular complexity index is 653. The number of hydrogen-bond acceptors (Lipinski definition) is 3. The van der Waals surface area contributed by atoms with Gasteiger partial charge in [0.1, 0.15) is 0 Å². The quantitative estimate of drug-likeness (QED) is 0.861. The lowest BCUT2D eigenvalue weighted by Crippen LogP contribution is -2.42. The van der Waals surface area contributed by atoms with Gasteiger partial charge in [-0.05, 0) is 50.5 Å². The van der Waals surface area contributed by atoms with E-state index in [2.05, 4.69) is 21.2 Å². The summed E-state index contributed by atoms with van der Waals surface area (Å²) in [6.45, 7) is 4.46. The number of rotatable bonds is 4. The third kappa shape index (κ3) is 4.08. The first-order chi connectivity index (χ1) is 10.3. The number of nitrogens with one attached hydrogen (secondary N) is 1. The molecule has 1 aliphatic heterocycles. The number of carbonyl (C=O) groups excluding carboxylic acids is 1. The second kappa shape index (κ2) is 7.10. The van der Waals surface area contributed by atoms with E-state index in [1.54, 1.807) is 6.92 Å². The van der Waals surface area contributed by atoms with Crippen LogP contribution in [0.1, 0.15) is 25.3 Å². The van der Waals surface area contributed by atoms with Crippen molar-refractivity contribution in [3.63, 3.8) is 0 Å². The van der Waals surface area contributed by atoms with Gasteiger partial charge in [0.25, 0.3) is 0 Å². The maximum atomic E-state index is 12.3. The molecule has 1 aliphatic rings. The topological polar surface area (TPSA) is 66.5 Å². The second-order valence-corrected chi connectivity index (χ2v) is 8.64. The summed E-state index contributed by atoms with van der Waals surface area (Å²) in [5.74, 6) is -0.0512. The van der Waals surface area contributed by atoms with Crippen LogP contribution in [0.2, 0.25) is 0 Å². The van der Waals surface area contributed by atoms with E-state index in [0.29, 0.717) is 25.9 Å². The van der Waals surface area contributed by atoms with Crippen molar-refractivity contribution in [3.05, 3.63) is 28.2 Å². The van der Waals surface area contributed by atoms with E-state index in [1.165, 1.54) is 4.31 Å². The molecule has 1 amide bonds. The molecule has 1 fully saturated rings. The van der Waals surface area contributed by atoms with Crippen molar-refractivity contribution in [2.24, 2.45) is 5.92 Å². The Morgan fingerprint density at radius 1 is 1.36 bits per heavy atom. The minimum Gasteiger partial charge on any atom is -0.326 e. The summed E-state index contributed by atoms with van der Waals surface area (Å²) in [5.41, 5.74) is 1.83. The molecule has 1 saturated heterocycles. The Morgan fingerprint density at radius 2 is 2.00 bits per heavy atom. The zero-order valence-electron chi connectivity index (χ0n) is 12.8. The Hall–Kier alpha value is -0.920. The van der Waals surface area contributed by atoms with E-state index in [0.717, 1.165) is 15.7 Å². The zero-order chi connectivity index (χ0) is 16.3. The maximum absolute atomic E-state index is 12.3. The summed E-state index contributed by atoms with van der Waals surface area (Å²) in [4.78, 5) is 12.3. The van der Waals surface area contributed by atoms with Gasteiger partial charge in [0.15, 0.2) is 0 Å². The highest BCUT2D eigenvalue weighted by Gasteiger charge is 2.30. The molecular formula is C15H21BrN2O3S. The van der Waals surface area contributed by atoms with E-state index in [4.69, 9.17) is 0 Å². The van der Waals surface area contributed by atoms with Gasteiger partial charge in [0.05, 0.1) is 5.75 Å². The molecule has 0 atom stereocenters. The molecule has 122 valence electrons. The van der Waals surface area contributed by atoms with Crippen LogP contribution in [0.5, 0.6) is 0 Å². The fraction of sp³-hybridized carbons (Fsp3) is 0.533. The van der Waals surface area contributed by atoms with Crippen LogP contribution in [-0.2, 0) is 14.8 Å². The molecule has 5 nitrogen and oxygen atoms in total. The number of sulfonamides is 1. The Balaban J connectivity index is 1.94. The molecule has 7 heteroatoms. The number of carbonyl (C=O) groups is 1. The minimum atomic E-state index is -3.14. The first-order valence-electron chi connectivity index (χ1n) is 7.38. The smallest absolute Gasteiger partial charge is 0.227 e. The van der Waals surface area contributed by atoms with E-state index in [9.17, 15) is 13.2 Å². The molecule has 0 radical (unpaired) electrons. The molecule has 1 aromatic carbocycles. The lowest BCUT2D eigenvalue weighted by molar-refractivity contribution is -0.120. The van der Waals surface area contributed by atoms with E-state index < -0.39 is 10.0 Å². The zero-order valence-corrected chi connectivity index (χ0v) is 15.2. The number of hydrogen-bond donors (Lipinski definition) is 1. The SMILES string of the molecule is CCS(=O)(=O)N1CCC(C(=O)Nc2ccc(Br)c(C)c2)CC1. The van der Waals surface area contributed by atoms with Crippen LogP contribution >= 0.6 is 15.9 Å². The van der Waals surface area contributed by atoms with E-state index in [-0.39, 0.29) is 17.6 Å². The molecule has 0 spiro atoms. The highest BCUT2D eigenvalue weighted by atomic mass is 79.9. The van der Waals surface area contributed by atoms with Crippen molar-refractivity contribution in [1.29, 1.82) is 0 Å². The van der Waals surface area contributed by atoms with E-state index in [1.807, 2.05) is 25.1 Å². The van der Waals surface area contributed by atoms with Crippen molar-refractivity contribution in [2.75, 3.05) is 24.2 Å². The van der Waals surface area contributed by atoms with Gasteiger partial charge in [0.2, 0.25) is 15.9 Å². The second-order valence-electron chi connectivity index (χ2n) is 5.53. The summed E-state index contributed by atoms with van der Waals surface area (Å²) >= 11 is 3.43. The van der Waals surface area contributed by atoms with Crippen LogP contribution in [0.25, 0.3) is 0 Å².